The highest BCUT2D eigenvalue weighted by molar-refractivity contribution is 8.76. The van der Waals surface area contributed by atoms with Crippen molar-refractivity contribution in [2.45, 2.75) is 387 Å². The van der Waals surface area contributed by atoms with Gasteiger partial charge in [0.25, 0.3) is 0 Å². The average Bonchev–Trinajstić information content (AvgIpc) is 1.17. The van der Waals surface area contributed by atoms with Crippen LogP contribution in [0.2, 0.25) is 0 Å². The molecule has 0 aromatic carbocycles. The minimum Gasteiger partial charge on any atom is -0.462 e. The fourth-order valence-corrected chi connectivity index (χ4v) is 15.0. The number of rotatable bonds is 81. The van der Waals surface area contributed by atoms with E-state index in [9.17, 15) is 38.1 Å². The number of carbonyl (C=O) groups excluding carboxylic acids is 4. The van der Waals surface area contributed by atoms with Crippen LogP contribution in [0, 0.1) is 0 Å². The van der Waals surface area contributed by atoms with Crippen molar-refractivity contribution >= 4 is 61.0 Å². The van der Waals surface area contributed by atoms with Crippen molar-refractivity contribution in [3.05, 3.63) is 0 Å². The van der Waals surface area contributed by atoms with Crippen LogP contribution in [0.25, 0.3) is 0 Å². The van der Waals surface area contributed by atoms with E-state index in [-0.39, 0.29) is 83.6 Å². The van der Waals surface area contributed by atoms with E-state index >= 15 is 0 Å². The van der Waals surface area contributed by atoms with E-state index in [0.29, 0.717) is 37.6 Å². The molecule has 18 nitrogen and oxygen atoms in total. The minimum absolute atomic E-state index is 0.0137. The van der Waals surface area contributed by atoms with Crippen LogP contribution in [0.1, 0.15) is 374 Å². The predicted octanol–water partition coefficient (Wildman–Crippen LogP) is 21.9. The number of phosphoric acid groups is 2. The van der Waals surface area contributed by atoms with Gasteiger partial charge in [-0.3, -0.25) is 37.3 Å². The van der Waals surface area contributed by atoms with Crippen LogP contribution in [0.3, 0.4) is 0 Å². The molecule has 98 heavy (non-hydrogen) atoms. The fourth-order valence-electron chi connectivity index (χ4n) is 11.5. The summed E-state index contributed by atoms with van der Waals surface area (Å²) in [6.45, 7) is 8.73. The van der Waals surface area contributed by atoms with E-state index in [1.165, 1.54) is 266 Å². The average molecular weight is 1470 g/mol. The van der Waals surface area contributed by atoms with Crippen molar-refractivity contribution in [2.24, 2.45) is 0 Å². The summed E-state index contributed by atoms with van der Waals surface area (Å²) in [5.74, 6) is -0.587. The topological polar surface area (TPSA) is 241 Å². The maximum absolute atomic E-state index is 12.9. The van der Waals surface area contributed by atoms with Gasteiger partial charge in [0.05, 0.1) is 33.0 Å². The van der Waals surface area contributed by atoms with Crippen LogP contribution < -0.4 is 10.6 Å². The fraction of sp³-hybridized carbons (Fsp3) is 0.947. The van der Waals surface area contributed by atoms with Gasteiger partial charge in [0.1, 0.15) is 12.7 Å². The van der Waals surface area contributed by atoms with Crippen LogP contribution in [-0.2, 0) is 65.4 Å². The molecular weight excluding hydrogens is 1320 g/mol. The Kier molecular flexibility index (Phi) is 74.4. The number of ether oxygens (including phenoxy) is 4. The van der Waals surface area contributed by atoms with Gasteiger partial charge in [-0.25, -0.2) is 9.13 Å². The number of hydrogen-bond donors (Lipinski definition) is 4. The molecule has 0 aliphatic rings. The first-order chi connectivity index (χ1) is 47.8. The smallest absolute Gasteiger partial charge is 0.462 e. The molecule has 0 aliphatic carbocycles. The van der Waals surface area contributed by atoms with E-state index in [4.69, 9.17) is 37.0 Å². The van der Waals surface area contributed by atoms with Gasteiger partial charge in [0.15, 0.2) is 6.10 Å². The standard InChI is InChI=1S/C76H150N2O16P2S2/c1-5-9-13-17-21-25-29-31-33-37-41-45-49-53-61-87-67-71(88-62-54-50-46-42-38-34-32-30-26-22-18-14-10-6-2)69-92-95(83,84)90-63-59-77-73(79)57-65-97-98-66-58-74(80)78-60-64-91-96(85,86)93-70-72(94-76(82)56-52-48-44-40-36-28-24-20-16-12-8-4)68-89-75(81)55-51-47-43-39-35-27-23-19-15-11-7-3/h71-72H,5-70H2,1-4H3,(H,77,79)(H,78,80)(H,83,84)(H,85,86). The van der Waals surface area contributed by atoms with Gasteiger partial charge in [-0.1, -0.05) is 345 Å². The van der Waals surface area contributed by atoms with Crippen molar-refractivity contribution in [1.82, 2.24) is 10.6 Å². The van der Waals surface area contributed by atoms with Crippen LogP contribution >= 0.6 is 37.2 Å². The highest BCUT2D eigenvalue weighted by Gasteiger charge is 2.27. The summed E-state index contributed by atoms with van der Waals surface area (Å²) in [6.07, 6.45) is 60.1. The first-order valence-corrected chi connectivity index (χ1v) is 45.8. The molecule has 2 amide bonds. The third kappa shape index (κ3) is 74.4. The Labute approximate surface area is 607 Å². The molecule has 582 valence electrons. The minimum atomic E-state index is -4.64. The van der Waals surface area contributed by atoms with E-state index in [2.05, 4.69) is 38.3 Å². The molecule has 0 aliphatic heterocycles. The first-order valence-electron chi connectivity index (χ1n) is 40.3. The third-order valence-corrected chi connectivity index (χ3v) is 22.0. The summed E-state index contributed by atoms with van der Waals surface area (Å²) in [7, 11) is -6.24. The summed E-state index contributed by atoms with van der Waals surface area (Å²) in [5.41, 5.74) is 0. The Morgan fingerprint density at radius 3 is 0.969 bits per heavy atom. The quantitative estimate of drug-likeness (QED) is 0.0191. The molecule has 22 heteroatoms. The van der Waals surface area contributed by atoms with E-state index in [1.54, 1.807) is 0 Å². The second-order valence-corrected chi connectivity index (χ2v) is 32.8. The zero-order valence-corrected chi connectivity index (χ0v) is 66.6. The molecule has 4 atom stereocenters. The predicted molar refractivity (Wildman–Crippen MR) is 408 cm³/mol. The Bertz CT molecular complexity index is 1870. The van der Waals surface area contributed by atoms with E-state index in [1.807, 2.05) is 0 Å². The SMILES string of the molecule is CCCCCCCCCCCCCCCCOCC(COP(=O)(O)OCCNC(=O)CCSSCCC(=O)NCCOP(=O)(O)OCC(COC(=O)CCCCCCCCCCCCC)OC(=O)CCCCCCCCCCCCC)OCCCCCCCCCCCCCCCC. The molecule has 0 aromatic heterocycles. The Balaban J connectivity index is 4.66. The van der Waals surface area contributed by atoms with Gasteiger partial charge < -0.3 is 39.4 Å². The zero-order valence-electron chi connectivity index (χ0n) is 63.1. The lowest BCUT2D eigenvalue weighted by Crippen LogP contribution is -2.30. The van der Waals surface area contributed by atoms with Crippen molar-refractivity contribution in [3.8, 4) is 0 Å². The molecule has 0 saturated carbocycles. The Morgan fingerprint density at radius 2 is 0.622 bits per heavy atom. The molecule has 0 bridgehead atoms. The zero-order chi connectivity index (χ0) is 71.6. The Hall–Kier alpha value is -1.28. The highest BCUT2D eigenvalue weighted by Crippen LogP contribution is 2.44. The van der Waals surface area contributed by atoms with E-state index < -0.39 is 46.4 Å². The first kappa shape index (κ1) is 96.7. The van der Waals surface area contributed by atoms with Gasteiger partial charge in [-0.05, 0) is 25.7 Å². The molecule has 0 saturated heterocycles. The number of phosphoric ester groups is 2. The maximum atomic E-state index is 12.9. The van der Waals surface area contributed by atoms with Gasteiger partial charge in [-0.2, -0.15) is 0 Å². The molecule has 0 spiro atoms. The second kappa shape index (κ2) is 75.4. The van der Waals surface area contributed by atoms with Gasteiger partial charge >= 0.3 is 27.6 Å². The summed E-state index contributed by atoms with van der Waals surface area (Å²) in [4.78, 5) is 71.5. The second-order valence-electron chi connectivity index (χ2n) is 27.2. The molecule has 0 fully saturated rings. The molecule has 4 unspecified atom stereocenters. The summed E-state index contributed by atoms with van der Waals surface area (Å²) < 4.78 is 69.8. The monoisotopic (exact) mass is 1470 g/mol. The molecular formula is C76H150N2O16P2S2. The summed E-state index contributed by atoms with van der Waals surface area (Å²) in [5, 5.41) is 5.35. The number of amides is 2. The Morgan fingerprint density at radius 1 is 0.327 bits per heavy atom. The van der Waals surface area contributed by atoms with Gasteiger partial charge in [0.2, 0.25) is 11.8 Å². The lowest BCUT2D eigenvalue weighted by Gasteiger charge is -2.20. The lowest BCUT2D eigenvalue weighted by molar-refractivity contribution is -0.161. The molecule has 4 N–H and O–H groups in total. The lowest BCUT2D eigenvalue weighted by atomic mass is 10.0. The molecule has 0 aromatic rings. The number of hydrogen-bond acceptors (Lipinski definition) is 16. The molecule has 0 rings (SSSR count). The summed E-state index contributed by atoms with van der Waals surface area (Å²) in [6, 6.07) is 0. The van der Waals surface area contributed by atoms with Crippen LogP contribution in [0.5, 0.6) is 0 Å². The number of carbonyl (C=O) groups is 4. The molecule has 0 radical (unpaired) electrons. The van der Waals surface area contributed by atoms with Crippen molar-refractivity contribution in [2.75, 3.05) is 77.5 Å². The van der Waals surface area contributed by atoms with E-state index in [0.717, 1.165) is 64.2 Å². The van der Waals surface area contributed by atoms with Gasteiger partial charge in [0, 0.05) is 63.5 Å². The maximum Gasteiger partial charge on any atom is 0.472 e. The van der Waals surface area contributed by atoms with Crippen molar-refractivity contribution in [1.29, 1.82) is 0 Å². The third-order valence-electron chi connectivity index (χ3n) is 17.6. The summed E-state index contributed by atoms with van der Waals surface area (Å²) >= 11 is 0. The van der Waals surface area contributed by atoms with Gasteiger partial charge in [-0.15, -0.1) is 0 Å². The van der Waals surface area contributed by atoms with Crippen molar-refractivity contribution in [3.63, 3.8) is 0 Å². The van der Waals surface area contributed by atoms with Crippen LogP contribution in [0.15, 0.2) is 0 Å². The number of unbranched alkanes of at least 4 members (excludes halogenated alkanes) is 46. The highest BCUT2D eigenvalue weighted by atomic mass is 33.1. The number of nitrogens with one attached hydrogen (secondary N) is 2. The van der Waals surface area contributed by atoms with Crippen molar-refractivity contribution < 1.29 is 75.1 Å². The van der Waals surface area contributed by atoms with Crippen LogP contribution in [0.4, 0.5) is 0 Å². The normalized spacial score (nSPS) is 13.5. The largest absolute Gasteiger partial charge is 0.472 e. The van der Waals surface area contributed by atoms with Crippen LogP contribution in [-0.4, -0.2) is 123 Å². The molecule has 0 heterocycles. The number of esters is 2.